The number of unbranched alkanes of at least 4 members (excludes halogenated alkanes) is 1. The van der Waals surface area contributed by atoms with Crippen molar-refractivity contribution in [2.75, 3.05) is 0 Å². The number of nitrogens with one attached hydrogen (secondary N) is 1. The molecule has 2 N–H and O–H groups in total. The second-order valence-electron chi connectivity index (χ2n) is 8.62. The van der Waals surface area contributed by atoms with Gasteiger partial charge < -0.3 is 9.67 Å². The first-order valence-corrected chi connectivity index (χ1v) is 11.6. The topological polar surface area (TPSA) is 106 Å². The summed E-state index contributed by atoms with van der Waals surface area (Å²) in [6, 6.07) is 12.6. The Labute approximate surface area is 205 Å². The summed E-state index contributed by atoms with van der Waals surface area (Å²) in [6.07, 6.45) is 5.22. The van der Waals surface area contributed by atoms with Gasteiger partial charge in [0.2, 0.25) is 0 Å². The highest BCUT2D eigenvalue weighted by Gasteiger charge is 2.29. The van der Waals surface area contributed by atoms with Gasteiger partial charge in [-0.25, -0.2) is 13.9 Å². The minimum Gasteiger partial charge on any atom is -0.383 e. The molecule has 35 heavy (non-hydrogen) atoms. The quantitative estimate of drug-likeness (QED) is 0.344. The number of rotatable bonds is 9. The van der Waals surface area contributed by atoms with Gasteiger partial charge in [-0.3, -0.25) is 9.78 Å². The maximum atomic E-state index is 13.9. The number of benzene rings is 2. The lowest BCUT2D eigenvalue weighted by atomic mass is 9.88. The lowest BCUT2D eigenvalue weighted by molar-refractivity contribution is 0.0337. The molecular weight excluding hydrogens is 473 g/mol. The van der Waals surface area contributed by atoms with E-state index < -0.39 is 16.9 Å². The van der Waals surface area contributed by atoms with Crippen LogP contribution in [0.1, 0.15) is 31.0 Å². The molecule has 0 saturated heterocycles. The number of aromatic nitrogens is 5. The maximum absolute atomic E-state index is 13.9. The third-order valence-electron chi connectivity index (χ3n) is 5.83. The summed E-state index contributed by atoms with van der Waals surface area (Å²) >= 11 is 6.22. The molecule has 0 saturated carbocycles. The number of aryl methyl sites for hydroxylation is 2. The van der Waals surface area contributed by atoms with Crippen LogP contribution >= 0.6 is 11.6 Å². The Kier molecular flexibility index (Phi) is 7.28. The molecule has 182 valence electrons. The van der Waals surface area contributed by atoms with Crippen molar-refractivity contribution >= 4 is 11.6 Å². The number of nitrogens with zero attached hydrogens (tertiary/aromatic N) is 4. The average molecular weight is 498 g/mol. The summed E-state index contributed by atoms with van der Waals surface area (Å²) < 4.78 is 17.0. The monoisotopic (exact) mass is 497 g/mol. The molecule has 10 heteroatoms. The Hall–Kier alpha value is -3.56. The predicted molar refractivity (Wildman–Crippen MR) is 131 cm³/mol. The van der Waals surface area contributed by atoms with Crippen LogP contribution in [0.25, 0.3) is 11.1 Å². The Morgan fingerprint density at radius 3 is 2.74 bits per heavy atom. The normalized spacial score (nSPS) is 13.0. The van der Waals surface area contributed by atoms with E-state index >= 15 is 0 Å². The van der Waals surface area contributed by atoms with Crippen LogP contribution in [0.3, 0.4) is 0 Å². The largest absolute Gasteiger partial charge is 0.383 e. The fourth-order valence-electron chi connectivity index (χ4n) is 4.07. The standard InChI is InChI=1S/C25H25ClFN5O3/c1-25(35,22-9-8-18(26)14-21(22)17-5-4-6-19(27)13-17)16-32-20(15-28-30-32)7-2-3-11-31-12-10-23(33)29-24(31)34/h4-6,8-10,12-15,35H,2-3,7,11,16H2,1H3,(H,29,33,34)/t25-/m1/s1. The SMILES string of the molecule is C[C@@](O)(Cn1nncc1CCCCn1ccc(=O)[nH]c1=O)c1ccc(Cl)cc1-c1cccc(F)c1. The van der Waals surface area contributed by atoms with E-state index in [4.69, 9.17) is 11.6 Å². The number of H-pyrrole nitrogens is 1. The number of aliphatic hydroxyl groups is 1. The van der Waals surface area contributed by atoms with Crippen LogP contribution < -0.4 is 11.2 Å². The van der Waals surface area contributed by atoms with Crippen LogP contribution in [-0.2, 0) is 25.1 Å². The number of hydrogen-bond acceptors (Lipinski definition) is 5. The molecule has 0 aliphatic carbocycles. The molecule has 0 aliphatic heterocycles. The first kappa shape index (κ1) is 24.6. The highest BCUT2D eigenvalue weighted by atomic mass is 35.5. The van der Waals surface area contributed by atoms with Crippen LogP contribution in [0.2, 0.25) is 5.02 Å². The molecule has 0 fully saturated rings. The smallest absolute Gasteiger partial charge is 0.328 e. The molecule has 2 aromatic heterocycles. The molecular formula is C25H25ClFN5O3. The lowest BCUT2D eigenvalue weighted by Crippen LogP contribution is -2.30. The highest BCUT2D eigenvalue weighted by Crippen LogP contribution is 2.35. The van der Waals surface area contributed by atoms with Crippen molar-refractivity contribution in [2.24, 2.45) is 0 Å². The summed E-state index contributed by atoms with van der Waals surface area (Å²) in [6.45, 7) is 2.27. The van der Waals surface area contributed by atoms with Gasteiger partial charge in [-0.2, -0.15) is 0 Å². The van der Waals surface area contributed by atoms with E-state index in [1.807, 2.05) is 0 Å². The van der Waals surface area contributed by atoms with Gasteiger partial charge in [0.25, 0.3) is 5.56 Å². The molecule has 0 spiro atoms. The van der Waals surface area contributed by atoms with Gasteiger partial charge >= 0.3 is 5.69 Å². The molecule has 0 bridgehead atoms. The Bertz CT molecular complexity index is 1440. The molecule has 1 atom stereocenters. The van der Waals surface area contributed by atoms with Gasteiger partial charge in [-0.15, -0.1) is 5.10 Å². The first-order chi connectivity index (χ1) is 16.7. The fourth-order valence-corrected chi connectivity index (χ4v) is 4.24. The van der Waals surface area contributed by atoms with Crippen molar-refractivity contribution < 1.29 is 9.50 Å². The molecule has 4 rings (SSSR count). The van der Waals surface area contributed by atoms with Crippen LogP contribution in [0.4, 0.5) is 4.39 Å². The number of aromatic amines is 1. The van der Waals surface area contributed by atoms with Crippen molar-refractivity contribution in [1.29, 1.82) is 0 Å². The van der Waals surface area contributed by atoms with Crippen LogP contribution in [0.5, 0.6) is 0 Å². The first-order valence-electron chi connectivity index (χ1n) is 11.2. The van der Waals surface area contributed by atoms with Gasteiger partial charge in [0.15, 0.2) is 0 Å². The Morgan fingerprint density at radius 1 is 1.14 bits per heavy atom. The third kappa shape index (κ3) is 5.93. The van der Waals surface area contributed by atoms with E-state index in [1.54, 1.807) is 48.1 Å². The van der Waals surface area contributed by atoms with E-state index in [1.165, 1.54) is 29.0 Å². The van der Waals surface area contributed by atoms with E-state index in [2.05, 4.69) is 15.3 Å². The van der Waals surface area contributed by atoms with Crippen molar-refractivity contribution in [3.05, 3.63) is 104 Å². The van der Waals surface area contributed by atoms with Crippen molar-refractivity contribution in [1.82, 2.24) is 24.5 Å². The van der Waals surface area contributed by atoms with Gasteiger partial charge in [0, 0.05) is 23.8 Å². The molecule has 8 nitrogen and oxygen atoms in total. The van der Waals surface area contributed by atoms with E-state index in [-0.39, 0.29) is 12.4 Å². The molecule has 0 amide bonds. The molecule has 0 aliphatic rings. The van der Waals surface area contributed by atoms with Crippen molar-refractivity contribution in [3.8, 4) is 11.1 Å². The second kappa shape index (κ2) is 10.4. The predicted octanol–water partition coefficient (Wildman–Crippen LogP) is 3.52. The maximum Gasteiger partial charge on any atom is 0.328 e. The second-order valence-corrected chi connectivity index (χ2v) is 9.05. The van der Waals surface area contributed by atoms with Crippen molar-refractivity contribution in [3.63, 3.8) is 0 Å². The van der Waals surface area contributed by atoms with Crippen molar-refractivity contribution in [2.45, 2.75) is 44.9 Å². The summed E-state index contributed by atoms with van der Waals surface area (Å²) in [5, 5.41) is 20.1. The fraction of sp³-hybridized carbons (Fsp3) is 0.280. The summed E-state index contributed by atoms with van der Waals surface area (Å²) in [5.74, 6) is -0.379. The van der Waals surface area contributed by atoms with Gasteiger partial charge in [-0.1, -0.05) is 35.0 Å². The highest BCUT2D eigenvalue weighted by molar-refractivity contribution is 6.30. The Morgan fingerprint density at radius 2 is 1.97 bits per heavy atom. The van der Waals surface area contributed by atoms with Crippen LogP contribution in [-0.4, -0.2) is 29.7 Å². The average Bonchev–Trinajstić information content (AvgIpc) is 3.23. The molecule has 4 aromatic rings. The molecule has 2 heterocycles. The van der Waals surface area contributed by atoms with E-state index in [0.717, 1.165) is 12.1 Å². The van der Waals surface area contributed by atoms with Crippen LogP contribution in [0, 0.1) is 5.82 Å². The summed E-state index contributed by atoms with van der Waals surface area (Å²) in [4.78, 5) is 25.2. The number of hydrogen-bond donors (Lipinski definition) is 2. The zero-order valence-electron chi connectivity index (χ0n) is 19.1. The summed E-state index contributed by atoms with van der Waals surface area (Å²) in [7, 11) is 0. The minimum absolute atomic E-state index is 0.131. The lowest BCUT2D eigenvalue weighted by Gasteiger charge is -2.27. The number of halogens is 2. The zero-order valence-corrected chi connectivity index (χ0v) is 19.9. The zero-order chi connectivity index (χ0) is 25.0. The van der Waals surface area contributed by atoms with E-state index in [9.17, 15) is 19.1 Å². The molecule has 0 radical (unpaired) electrons. The van der Waals surface area contributed by atoms with Gasteiger partial charge in [-0.05, 0) is 67.1 Å². The van der Waals surface area contributed by atoms with E-state index in [0.29, 0.717) is 41.1 Å². The minimum atomic E-state index is -1.35. The third-order valence-corrected chi connectivity index (χ3v) is 6.07. The molecule has 0 unspecified atom stereocenters. The molecule has 2 aromatic carbocycles. The van der Waals surface area contributed by atoms with Gasteiger partial charge in [0.1, 0.15) is 11.4 Å². The van der Waals surface area contributed by atoms with Gasteiger partial charge in [0.05, 0.1) is 18.4 Å². The summed E-state index contributed by atoms with van der Waals surface area (Å²) in [5.41, 5.74) is 0.463. The Balaban J connectivity index is 1.48. The van der Waals surface area contributed by atoms with Crippen LogP contribution in [0.15, 0.2) is 70.5 Å².